The van der Waals surface area contributed by atoms with Crippen molar-refractivity contribution in [1.82, 2.24) is 9.97 Å². The lowest BCUT2D eigenvalue weighted by Gasteiger charge is -2.35. The first kappa shape index (κ1) is 27.5. The summed E-state index contributed by atoms with van der Waals surface area (Å²) in [5, 5.41) is 0. The average Bonchev–Trinajstić information content (AvgIpc) is 2.86. The Morgan fingerprint density at radius 1 is 0.895 bits per heavy atom. The summed E-state index contributed by atoms with van der Waals surface area (Å²) in [5.74, 6) is 1.17. The largest absolute Gasteiger partial charge is 0.475 e. The first-order valence-corrected chi connectivity index (χ1v) is 13.6. The van der Waals surface area contributed by atoms with Crippen molar-refractivity contribution in [3.63, 3.8) is 0 Å². The minimum absolute atomic E-state index is 0.103. The summed E-state index contributed by atoms with van der Waals surface area (Å²) >= 11 is 4.62. The third-order valence-corrected chi connectivity index (χ3v) is 6.98. The first-order valence-electron chi connectivity index (χ1n) is 13.1. The van der Waals surface area contributed by atoms with Crippen LogP contribution in [0.4, 0.5) is 11.6 Å². The van der Waals surface area contributed by atoms with Crippen LogP contribution in [0.15, 0.2) is 77.7 Å². The Balaban J connectivity index is 1.65. The van der Waals surface area contributed by atoms with Gasteiger partial charge in [-0.2, -0.15) is 4.98 Å². The van der Waals surface area contributed by atoms with Gasteiger partial charge in [0.2, 0.25) is 11.8 Å². The Kier molecular flexibility index (Phi) is 8.95. The molecule has 1 heterocycles. The highest BCUT2D eigenvalue weighted by atomic mass is 32.1. The summed E-state index contributed by atoms with van der Waals surface area (Å²) in [6.07, 6.45) is 0.951. The normalized spacial score (nSPS) is 12.0. The molecule has 1 unspecified atom stereocenters. The number of benzene rings is 3. The Hall–Kier alpha value is -3.51. The van der Waals surface area contributed by atoms with Gasteiger partial charge in [0.15, 0.2) is 0 Å². The third kappa shape index (κ3) is 7.07. The van der Waals surface area contributed by atoms with Crippen LogP contribution in [0.2, 0.25) is 0 Å². The second-order valence-corrected chi connectivity index (χ2v) is 11.0. The molecule has 0 aliphatic carbocycles. The maximum atomic E-state index is 6.39. The number of aryl methyl sites for hydroxylation is 3. The molecule has 0 spiro atoms. The number of rotatable bonds is 10. The van der Waals surface area contributed by atoms with Gasteiger partial charge in [0, 0.05) is 28.8 Å². The third-order valence-electron chi connectivity index (χ3n) is 6.70. The lowest BCUT2D eigenvalue weighted by atomic mass is 10.00. The van der Waals surface area contributed by atoms with Gasteiger partial charge in [-0.15, -0.1) is 12.6 Å². The van der Waals surface area contributed by atoms with Crippen LogP contribution in [-0.2, 0) is 6.54 Å². The second-order valence-electron chi connectivity index (χ2n) is 10.4. The van der Waals surface area contributed by atoms with Crippen LogP contribution in [0.3, 0.4) is 0 Å². The zero-order valence-corrected chi connectivity index (χ0v) is 23.9. The fraction of sp³-hybridized carbons (Fsp3) is 0.312. The standard InChI is InChI=1S/C32H38N4OS/c1-21(2)16-27(36(26-10-7-11-28(38)17-26)19-25-14-12-22(3)13-15-25)20-37-30-18-29(34-32(33)35-30)31-23(4)8-6-9-24(31)5/h6-15,17-18,21,27,38H,16,19-20H2,1-5H3,(H2,33,34,35). The molecule has 1 atom stereocenters. The molecular weight excluding hydrogens is 488 g/mol. The van der Waals surface area contributed by atoms with E-state index in [2.05, 4.69) is 123 Å². The summed E-state index contributed by atoms with van der Waals surface area (Å²) in [6.45, 7) is 12.0. The fourth-order valence-electron chi connectivity index (χ4n) is 4.87. The lowest BCUT2D eigenvalue weighted by molar-refractivity contribution is 0.253. The topological polar surface area (TPSA) is 64.3 Å². The maximum Gasteiger partial charge on any atom is 0.223 e. The summed E-state index contributed by atoms with van der Waals surface area (Å²) in [6, 6.07) is 25.2. The number of aromatic nitrogens is 2. The highest BCUT2D eigenvalue weighted by molar-refractivity contribution is 7.80. The van der Waals surface area contributed by atoms with Crippen LogP contribution >= 0.6 is 12.6 Å². The number of nitrogen functional groups attached to an aromatic ring is 1. The van der Waals surface area contributed by atoms with Gasteiger partial charge in [0.1, 0.15) is 6.61 Å². The Morgan fingerprint density at radius 2 is 1.58 bits per heavy atom. The van der Waals surface area contributed by atoms with E-state index >= 15 is 0 Å². The van der Waals surface area contributed by atoms with Gasteiger partial charge >= 0.3 is 0 Å². The molecule has 0 aliphatic heterocycles. The van der Waals surface area contributed by atoms with Gasteiger partial charge in [-0.3, -0.25) is 0 Å². The molecule has 3 aromatic carbocycles. The Bertz CT molecular complexity index is 1350. The van der Waals surface area contributed by atoms with Crippen LogP contribution in [0.5, 0.6) is 5.88 Å². The lowest BCUT2D eigenvalue weighted by Crippen LogP contribution is -2.40. The number of anilines is 2. The quantitative estimate of drug-likeness (QED) is 0.210. The van der Waals surface area contributed by atoms with Crippen molar-refractivity contribution >= 4 is 24.3 Å². The van der Waals surface area contributed by atoms with E-state index in [-0.39, 0.29) is 12.0 Å². The van der Waals surface area contributed by atoms with Crippen LogP contribution in [0, 0.1) is 26.7 Å². The SMILES string of the molecule is Cc1ccc(CN(c2cccc(S)c2)C(COc2cc(-c3c(C)cccc3C)nc(N)n2)CC(C)C)cc1. The molecule has 0 amide bonds. The number of nitrogens with two attached hydrogens (primary N) is 1. The molecule has 0 saturated heterocycles. The minimum atomic E-state index is 0.103. The molecule has 1 aromatic heterocycles. The molecule has 4 aromatic rings. The highest BCUT2D eigenvalue weighted by Crippen LogP contribution is 2.30. The van der Waals surface area contributed by atoms with E-state index in [0.717, 1.165) is 45.9 Å². The van der Waals surface area contributed by atoms with Crippen molar-refractivity contribution in [3.8, 4) is 17.1 Å². The van der Waals surface area contributed by atoms with Gasteiger partial charge in [0.25, 0.3) is 0 Å². The average molecular weight is 527 g/mol. The maximum absolute atomic E-state index is 6.39. The van der Waals surface area contributed by atoms with Gasteiger partial charge in [-0.1, -0.05) is 67.9 Å². The molecule has 198 valence electrons. The number of hydrogen-bond donors (Lipinski definition) is 2. The Labute approximate surface area is 232 Å². The van der Waals surface area contributed by atoms with E-state index in [1.165, 1.54) is 11.1 Å². The molecule has 0 bridgehead atoms. The molecule has 2 N–H and O–H groups in total. The van der Waals surface area contributed by atoms with Gasteiger partial charge in [-0.05, 0) is 68.0 Å². The number of nitrogens with zero attached hydrogens (tertiary/aromatic N) is 3. The van der Waals surface area contributed by atoms with Crippen LogP contribution in [0.1, 0.15) is 42.5 Å². The first-order chi connectivity index (χ1) is 18.2. The van der Waals surface area contributed by atoms with Crippen molar-refractivity contribution in [2.45, 2.75) is 58.5 Å². The number of thiol groups is 1. The molecule has 5 nitrogen and oxygen atoms in total. The predicted molar refractivity (Wildman–Crippen MR) is 161 cm³/mol. The predicted octanol–water partition coefficient (Wildman–Crippen LogP) is 7.44. The van der Waals surface area contributed by atoms with Gasteiger partial charge in [0.05, 0.1) is 11.7 Å². The summed E-state index contributed by atoms with van der Waals surface area (Å²) in [7, 11) is 0. The van der Waals surface area contributed by atoms with Crippen molar-refractivity contribution in [2.24, 2.45) is 5.92 Å². The molecule has 0 saturated carbocycles. The summed E-state index contributed by atoms with van der Waals surface area (Å²) in [4.78, 5) is 12.3. The van der Waals surface area contributed by atoms with Crippen molar-refractivity contribution in [1.29, 1.82) is 0 Å². The molecule has 0 aliphatic rings. The second kappa shape index (κ2) is 12.4. The smallest absolute Gasteiger partial charge is 0.223 e. The van der Waals surface area contributed by atoms with Crippen LogP contribution in [0.25, 0.3) is 11.3 Å². The van der Waals surface area contributed by atoms with Crippen LogP contribution in [-0.4, -0.2) is 22.6 Å². The number of hydrogen-bond acceptors (Lipinski definition) is 6. The molecule has 0 fully saturated rings. The Morgan fingerprint density at radius 3 is 2.24 bits per heavy atom. The highest BCUT2D eigenvalue weighted by Gasteiger charge is 2.23. The van der Waals surface area contributed by atoms with E-state index in [0.29, 0.717) is 18.4 Å². The zero-order valence-electron chi connectivity index (χ0n) is 23.0. The van der Waals surface area contributed by atoms with E-state index in [9.17, 15) is 0 Å². The van der Waals surface area contributed by atoms with E-state index < -0.39 is 0 Å². The van der Waals surface area contributed by atoms with Crippen molar-refractivity contribution in [2.75, 3.05) is 17.2 Å². The van der Waals surface area contributed by atoms with E-state index in [4.69, 9.17) is 10.5 Å². The molecule has 4 rings (SSSR count). The van der Waals surface area contributed by atoms with Gasteiger partial charge in [-0.25, -0.2) is 4.98 Å². The minimum Gasteiger partial charge on any atom is -0.475 e. The molecular formula is C32H38N4OS. The number of ether oxygens (including phenoxy) is 1. The fourth-order valence-corrected chi connectivity index (χ4v) is 5.09. The summed E-state index contributed by atoms with van der Waals surface area (Å²) < 4.78 is 6.39. The molecule has 38 heavy (non-hydrogen) atoms. The van der Waals surface area contributed by atoms with E-state index in [1.54, 1.807) is 0 Å². The van der Waals surface area contributed by atoms with Crippen molar-refractivity contribution < 1.29 is 4.74 Å². The van der Waals surface area contributed by atoms with E-state index in [1.807, 2.05) is 12.1 Å². The monoisotopic (exact) mass is 526 g/mol. The molecule has 0 radical (unpaired) electrons. The zero-order chi connectivity index (χ0) is 27.2. The van der Waals surface area contributed by atoms with Crippen LogP contribution < -0.4 is 15.4 Å². The van der Waals surface area contributed by atoms with Crippen molar-refractivity contribution in [3.05, 3.63) is 95.1 Å². The molecule has 6 heteroatoms. The van der Waals surface area contributed by atoms with Gasteiger partial charge < -0.3 is 15.4 Å². The summed E-state index contributed by atoms with van der Waals surface area (Å²) in [5.41, 5.74) is 13.9.